The second-order valence-corrected chi connectivity index (χ2v) is 4.52. The Balaban J connectivity index is 2.86. The summed E-state index contributed by atoms with van der Waals surface area (Å²) < 4.78 is 22.8. The summed E-state index contributed by atoms with van der Waals surface area (Å²) in [6.45, 7) is 2.47. The second kappa shape index (κ2) is 3.89. The van der Waals surface area contributed by atoms with E-state index in [9.17, 15) is 13.2 Å². The van der Waals surface area contributed by atoms with Crippen molar-refractivity contribution in [3.8, 4) is 0 Å². The van der Waals surface area contributed by atoms with E-state index in [0.29, 0.717) is 6.54 Å². The van der Waals surface area contributed by atoms with Gasteiger partial charge in [0.05, 0.1) is 6.20 Å². The van der Waals surface area contributed by atoms with Gasteiger partial charge in [0.15, 0.2) is 9.95 Å². The molecule has 0 aromatic heterocycles. The molecule has 1 heterocycles. The molecule has 1 aliphatic rings. The summed E-state index contributed by atoms with van der Waals surface area (Å²) >= 11 is 0. The number of carbonyl (C=O) groups is 1. The van der Waals surface area contributed by atoms with Gasteiger partial charge in [-0.1, -0.05) is 6.92 Å². The van der Waals surface area contributed by atoms with E-state index in [1.165, 1.54) is 0 Å². The van der Waals surface area contributed by atoms with Crippen LogP contribution < -0.4 is 5.32 Å². The normalized spacial score (nSPS) is 18.9. The van der Waals surface area contributed by atoms with Gasteiger partial charge >= 0.3 is 5.97 Å². The van der Waals surface area contributed by atoms with Crippen LogP contribution in [-0.4, -0.2) is 37.6 Å². The van der Waals surface area contributed by atoms with E-state index in [0.717, 1.165) is 6.20 Å². The highest BCUT2D eigenvalue weighted by molar-refractivity contribution is 8.10. The van der Waals surface area contributed by atoms with Gasteiger partial charge in [-0.25, -0.2) is 18.2 Å². The number of nitrogens with one attached hydrogen (secondary N) is 1. The summed E-state index contributed by atoms with van der Waals surface area (Å²) in [5, 5.41) is 11.2. The van der Waals surface area contributed by atoms with Gasteiger partial charge in [-0.2, -0.15) is 0 Å². The van der Waals surface area contributed by atoms with Crippen molar-refractivity contribution < 1.29 is 18.3 Å². The number of nitrogens with zero attached hydrogens (tertiary/aromatic N) is 1. The van der Waals surface area contributed by atoms with E-state index < -0.39 is 20.7 Å². The van der Waals surface area contributed by atoms with Gasteiger partial charge in [-0.3, -0.25) is 0 Å². The number of hydrogen-bond donors (Lipinski definition) is 2. The molecule has 0 aromatic carbocycles. The average Bonchev–Trinajstić information content (AvgIpc) is 2.37. The number of carboxylic acid groups (broad SMARTS) is 1. The molecule has 2 N–H and O–H groups in total. The van der Waals surface area contributed by atoms with Crippen molar-refractivity contribution in [3.63, 3.8) is 0 Å². The molecule has 0 unspecified atom stereocenters. The summed E-state index contributed by atoms with van der Waals surface area (Å²) in [7, 11) is -3.85. The third-order valence-electron chi connectivity index (χ3n) is 1.66. The minimum atomic E-state index is -3.85. The molecule has 0 saturated heterocycles. The van der Waals surface area contributed by atoms with Crippen molar-refractivity contribution in [2.24, 2.45) is 4.99 Å². The SMILES string of the molecule is CCNCC1=NC=C(C(=O)O)S1(=O)=O. The summed E-state index contributed by atoms with van der Waals surface area (Å²) in [6.07, 6.45) is 0.865. The molecular weight excluding hydrogens is 208 g/mol. The molecule has 1 aliphatic heterocycles. The van der Waals surface area contributed by atoms with Crippen molar-refractivity contribution in [2.45, 2.75) is 6.92 Å². The summed E-state index contributed by atoms with van der Waals surface area (Å²) in [4.78, 5) is 13.4. The van der Waals surface area contributed by atoms with Gasteiger partial charge in [0.25, 0.3) is 0 Å². The second-order valence-electron chi connectivity index (χ2n) is 2.61. The maximum absolute atomic E-state index is 11.4. The Morgan fingerprint density at radius 2 is 2.29 bits per heavy atom. The zero-order valence-corrected chi connectivity index (χ0v) is 8.34. The minimum absolute atomic E-state index is 0.0616. The number of carboxylic acids is 1. The van der Waals surface area contributed by atoms with Crippen LogP contribution in [0.1, 0.15) is 6.92 Å². The van der Waals surface area contributed by atoms with Crippen LogP contribution in [0.25, 0.3) is 0 Å². The lowest BCUT2D eigenvalue weighted by atomic mass is 10.6. The molecule has 0 atom stereocenters. The fraction of sp³-hybridized carbons (Fsp3) is 0.429. The van der Waals surface area contributed by atoms with E-state index in [1.807, 2.05) is 6.92 Å². The summed E-state index contributed by atoms with van der Waals surface area (Å²) in [5.74, 6) is -1.47. The number of sulfone groups is 1. The molecular formula is C7H10N2O4S. The van der Waals surface area contributed by atoms with Crippen LogP contribution in [-0.2, 0) is 14.6 Å². The maximum atomic E-state index is 11.4. The van der Waals surface area contributed by atoms with Crippen LogP contribution in [0.4, 0.5) is 0 Å². The molecule has 0 aliphatic carbocycles. The van der Waals surface area contributed by atoms with Crippen LogP contribution in [0.2, 0.25) is 0 Å². The molecule has 0 bridgehead atoms. The first-order valence-electron chi connectivity index (χ1n) is 3.96. The first-order valence-corrected chi connectivity index (χ1v) is 5.44. The van der Waals surface area contributed by atoms with Gasteiger partial charge in [-0.15, -0.1) is 0 Å². The van der Waals surface area contributed by atoms with E-state index in [-0.39, 0.29) is 11.6 Å². The highest BCUT2D eigenvalue weighted by atomic mass is 32.2. The fourth-order valence-electron chi connectivity index (χ4n) is 0.939. The van der Waals surface area contributed by atoms with Crippen molar-refractivity contribution >= 4 is 20.9 Å². The summed E-state index contributed by atoms with van der Waals surface area (Å²) in [5.41, 5.74) is 0. The van der Waals surface area contributed by atoms with E-state index >= 15 is 0 Å². The lowest BCUT2D eigenvalue weighted by molar-refractivity contribution is -0.131. The molecule has 0 amide bonds. The molecule has 0 aromatic rings. The largest absolute Gasteiger partial charge is 0.477 e. The highest BCUT2D eigenvalue weighted by Crippen LogP contribution is 2.16. The van der Waals surface area contributed by atoms with Crippen molar-refractivity contribution in [1.29, 1.82) is 0 Å². The predicted molar refractivity (Wildman–Crippen MR) is 50.6 cm³/mol. The van der Waals surface area contributed by atoms with Gasteiger partial charge < -0.3 is 10.4 Å². The Bertz CT molecular complexity index is 407. The predicted octanol–water partition coefficient (Wildman–Crippen LogP) is -0.651. The van der Waals surface area contributed by atoms with Gasteiger partial charge in [-0.05, 0) is 6.54 Å². The first-order chi connectivity index (χ1) is 6.50. The minimum Gasteiger partial charge on any atom is -0.477 e. The molecule has 0 saturated carbocycles. The number of aliphatic imine (C=N–C) groups is 1. The van der Waals surface area contributed by atoms with Crippen LogP contribution >= 0.6 is 0 Å². The molecule has 6 nitrogen and oxygen atoms in total. The molecule has 0 radical (unpaired) electrons. The van der Waals surface area contributed by atoms with E-state index in [2.05, 4.69) is 10.3 Å². The van der Waals surface area contributed by atoms with Crippen LogP contribution in [0, 0.1) is 0 Å². The highest BCUT2D eigenvalue weighted by Gasteiger charge is 2.33. The molecule has 7 heteroatoms. The monoisotopic (exact) mass is 218 g/mol. The molecule has 0 fully saturated rings. The van der Waals surface area contributed by atoms with Gasteiger partial charge in [0, 0.05) is 6.54 Å². The van der Waals surface area contributed by atoms with Crippen molar-refractivity contribution in [1.82, 2.24) is 5.32 Å². The van der Waals surface area contributed by atoms with Crippen molar-refractivity contribution in [2.75, 3.05) is 13.1 Å². The molecule has 78 valence electrons. The third kappa shape index (κ3) is 1.83. The Morgan fingerprint density at radius 3 is 2.71 bits per heavy atom. The van der Waals surface area contributed by atoms with Crippen LogP contribution in [0.5, 0.6) is 0 Å². The lowest BCUT2D eigenvalue weighted by Crippen LogP contribution is -2.28. The quantitative estimate of drug-likeness (QED) is 0.653. The standard InChI is InChI=1S/C7H10N2O4S/c1-2-8-4-6-9-3-5(7(10)11)14(6,12)13/h3,8H,2,4H2,1H3,(H,10,11). The van der Waals surface area contributed by atoms with Crippen molar-refractivity contribution in [3.05, 3.63) is 11.1 Å². The topological polar surface area (TPSA) is 95.8 Å². The lowest BCUT2D eigenvalue weighted by Gasteiger charge is -2.02. The zero-order chi connectivity index (χ0) is 10.8. The Hall–Kier alpha value is -1.21. The third-order valence-corrected chi connectivity index (χ3v) is 3.39. The molecule has 1 rings (SSSR count). The maximum Gasteiger partial charge on any atom is 0.349 e. The Labute approximate surface area is 81.3 Å². The number of rotatable bonds is 4. The molecule has 14 heavy (non-hydrogen) atoms. The average molecular weight is 218 g/mol. The van der Waals surface area contributed by atoms with Gasteiger partial charge in [0.1, 0.15) is 0 Å². The zero-order valence-electron chi connectivity index (χ0n) is 7.52. The van der Waals surface area contributed by atoms with Crippen LogP contribution in [0.3, 0.4) is 0 Å². The number of aliphatic carboxylic acids is 1. The van der Waals surface area contributed by atoms with Crippen LogP contribution in [0.15, 0.2) is 16.1 Å². The fourth-order valence-corrected chi connectivity index (χ4v) is 2.10. The Kier molecular flexibility index (Phi) is 3.02. The molecule has 0 spiro atoms. The number of hydrogen-bond acceptors (Lipinski definition) is 5. The van der Waals surface area contributed by atoms with E-state index in [1.54, 1.807) is 0 Å². The van der Waals surface area contributed by atoms with E-state index in [4.69, 9.17) is 5.11 Å². The summed E-state index contributed by atoms with van der Waals surface area (Å²) in [6, 6.07) is 0. The first kappa shape index (κ1) is 10.9. The smallest absolute Gasteiger partial charge is 0.349 e. The Morgan fingerprint density at radius 1 is 1.64 bits per heavy atom. The van der Waals surface area contributed by atoms with Gasteiger partial charge in [0.2, 0.25) is 9.84 Å².